The Morgan fingerprint density at radius 3 is 2.40 bits per heavy atom. The van der Waals surface area contributed by atoms with Gasteiger partial charge in [0, 0.05) is 31.7 Å². The maximum absolute atomic E-state index is 12.0. The van der Waals surface area contributed by atoms with E-state index < -0.39 is 0 Å². The molecule has 20 heavy (non-hydrogen) atoms. The molecule has 0 amide bonds. The summed E-state index contributed by atoms with van der Waals surface area (Å²) in [4.78, 5) is 16.9. The molecule has 1 aliphatic heterocycles. The average molecular weight is 282 g/mol. The molecule has 1 saturated carbocycles. The lowest BCUT2D eigenvalue weighted by atomic mass is 9.74. The third-order valence-electron chi connectivity index (χ3n) is 5.05. The molecule has 0 radical (unpaired) electrons. The van der Waals surface area contributed by atoms with Gasteiger partial charge in [-0.05, 0) is 33.2 Å². The SMILES string of the molecule is CCOC(=O)CC(C)(CC1CCC1)N1CCN(C)CC1. The summed E-state index contributed by atoms with van der Waals surface area (Å²) in [6.45, 7) is 8.98. The third kappa shape index (κ3) is 3.95. The first kappa shape index (κ1) is 15.8. The maximum Gasteiger partial charge on any atom is 0.307 e. The van der Waals surface area contributed by atoms with Crippen LogP contribution in [0, 0.1) is 5.92 Å². The van der Waals surface area contributed by atoms with E-state index in [0.29, 0.717) is 13.0 Å². The first-order chi connectivity index (χ1) is 9.53. The van der Waals surface area contributed by atoms with E-state index in [4.69, 9.17) is 4.74 Å². The summed E-state index contributed by atoms with van der Waals surface area (Å²) in [6.07, 6.45) is 5.73. The molecular formula is C16H30N2O2. The number of nitrogens with zero attached hydrogens (tertiary/aromatic N) is 2. The molecule has 1 saturated heterocycles. The number of piperazine rings is 1. The quantitative estimate of drug-likeness (QED) is 0.699. The number of esters is 1. The normalized spacial score (nSPS) is 24.9. The van der Waals surface area contributed by atoms with Crippen LogP contribution in [0.25, 0.3) is 0 Å². The lowest BCUT2D eigenvalue weighted by Crippen LogP contribution is -2.56. The molecule has 1 unspecified atom stereocenters. The van der Waals surface area contributed by atoms with Crippen molar-refractivity contribution in [1.29, 1.82) is 0 Å². The second kappa shape index (κ2) is 6.90. The standard InChI is InChI=1S/C16H30N2O2/c1-4-20-15(19)13-16(2,12-14-6-5-7-14)18-10-8-17(3)9-11-18/h14H,4-13H2,1-3H3. The van der Waals surface area contributed by atoms with Crippen LogP contribution >= 0.6 is 0 Å². The van der Waals surface area contributed by atoms with Crippen LogP contribution in [0.2, 0.25) is 0 Å². The highest BCUT2D eigenvalue weighted by Gasteiger charge is 2.39. The molecule has 4 heteroatoms. The molecule has 0 N–H and O–H groups in total. The molecule has 0 bridgehead atoms. The second-order valence-corrected chi connectivity index (χ2v) is 6.77. The molecule has 0 spiro atoms. The summed E-state index contributed by atoms with van der Waals surface area (Å²) < 4.78 is 5.21. The zero-order valence-corrected chi connectivity index (χ0v) is 13.4. The van der Waals surface area contributed by atoms with Gasteiger partial charge in [0.2, 0.25) is 0 Å². The Hall–Kier alpha value is -0.610. The summed E-state index contributed by atoms with van der Waals surface area (Å²) in [5, 5.41) is 0. The highest BCUT2D eigenvalue weighted by atomic mass is 16.5. The molecular weight excluding hydrogens is 252 g/mol. The Morgan fingerprint density at radius 2 is 1.90 bits per heavy atom. The fourth-order valence-corrected chi connectivity index (χ4v) is 3.50. The van der Waals surface area contributed by atoms with Crippen molar-refractivity contribution in [2.45, 2.75) is 51.5 Å². The van der Waals surface area contributed by atoms with Crippen molar-refractivity contribution >= 4 is 5.97 Å². The lowest BCUT2D eigenvalue weighted by molar-refractivity contribution is -0.147. The fraction of sp³-hybridized carbons (Fsp3) is 0.938. The number of rotatable bonds is 6. The highest BCUT2D eigenvalue weighted by molar-refractivity contribution is 5.70. The molecule has 116 valence electrons. The molecule has 0 aromatic rings. The van der Waals surface area contributed by atoms with Gasteiger partial charge < -0.3 is 9.64 Å². The van der Waals surface area contributed by atoms with Gasteiger partial charge in [-0.25, -0.2) is 0 Å². The number of likely N-dealkylation sites (N-methyl/N-ethyl adjacent to an activating group) is 1. The predicted octanol–water partition coefficient (Wildman–Crippen LogP) is 2.14. The highest BCUT2D eigenvalue weighted by Crippen LogP contribution is 2.38. The molecule has 1 aliphatic carbocycles. The van der Waals surface area contributed by atoms with E-state index >= 15 is 0 Å². The fourth-order valence-electron chi connectivity index (χ4n) is 3.50. The van der Waals surface area contributed by atoms with Crippen molar-refractivity contribution in [2.24, 2.45) is 5.92 Å². The van der Waals surface area contributed by atoms with Crippen LogP contribution in [0.4, 0.5) is 0 Å². The first-order valence-corrected chi connectivity index (χ1v) is 8.13. The van der Waals surface area contributed by atoms with Gasteiger partial charge in [0.15, 0.2) is 0 Å². The molecule has 0 aromatic carbocycles. The van der Waals surface area contributed by atoms with E-state index in [-0.39, 0.29) is 11.5 Å². The molecule has 2 aliphatic rings. The second-order valence-electron chi connectivity index (χ2n) is 6.77. The van der Waals surface area contributed by atoms with Gasteiger partial charge >= 0.3 is 5.97 Å². The predicted molar refractivity (Wildman–Crippen MR) is 80.7 cm³/mol. The Labute approximate surface area is 123 Å². The zero-order chi connectivity index (χ0) is 14.6. The van der Waals surface area contributed by atoms with Crippen LogP contribution < -0.4 is 0 Å². The van der Waals surface area contributed by atoms with Crippen molar-refractivity contribution in [3.05, 3.63) is 0 Å². The zero-order valence-electron chi connectivity index (χ0n) is 13.4. The number of carbonyl (C=O) groups excluding carboxylic acids is 1. The van der Waals surface area contributed by atoms with E-state index in [0.717, 1.165) is 38.5 Å². The summed E-state index contributed by atoms with van der Waals surface area (Å²) in [7, 11) is 2.17. The number of hydrogen-bond donors (Lipinski definition) is 0. The molecule has 0 aromatic heterocycles. The van der Waals surface area contributed by atoms with E-state index in [1.54, 1.807) is 0 Å². The van der Waals surface area contributed by atoms with Crippen LogP contribution in [-0.2, 0) is 9.53 Å². The molecule has 1 heterocycles. The summed E-state index contributed by atoms with van der Waals surface area (Å²) >= 11 is 0. The van der Waals surface area contributed by atoms with Gasteiger partial charge in [-0.3, -0.25) is 9.69 Å². The van der Waals surface area contributed by atoms with E-state index in [1.807, 2.05) is 6.92 Å². The van der Waals surface area contributed by atoms with Crippen LogP contribution in [0.3, 0.4) is 0 Å². The minimum absolute atomic E-state index is 0.0153. The molecule has 4 nitrogen and oxygen atoms in total. The minimum atomic E-state index is -0.0340. The van der Waals surface area contributed by atoms with Gasteiger partial charge in [0.05, 0.1) is 13.0 Å². The topological polar surface area (TPSA) is 32.8 Å². The largest absolute Gasteiger partial charge is 0.466 e. The van der Waals surface area contributed by atoms with Crippen molar-refractivity contribution < 1.29 is 9.53 Å². The van der Waals surface area contributed by atoms with Crippen molar-refractivity contribution in [1.82, 2.24) is 9.80 Å². The number of ether oxygens (including phenoxy) is 1. The molecule has 2 rings (SSSR count). The van der Waals surface area contributed by atoms with Crippen LogP contribution in [0.15, 0.2) is 0 Å². The first-order valence-electron chi connectivity index (χ1n) is 8.13. The van der Waals surface area contributed by atoms with Gasteiger partial charge in [0.1, 0.15) is 0 Å². The van der Waals surface area contributed by atoms with Crippen LogP contribution in [0.1, 0.15) is 46.0 Å². The Kier molecular flexibility index (Phi) is 5.44. The lowest BCUT2D eigenvalue weighted by Gasteiger charge is -2.47. The van der Waals surface area contributed by atoms with Crippen molar-refractivity contribution in [3.8, 4) is 0 Å². The van der Waals surface area contributed by atoms with Crippen molar-refractivity contribution in [2.75, 3.05) is 39.8 Å². The smallest absolute Gasteiger partial charge is 0.307 e. The summed E-state index contributed by atoms with van der Waals surface area (Å²) in [6, 6.07) is 0. The Balaban J connectivity index is 1.99. The number of hydrogen-bond acceptors (Lipinski definition) is 4. The van der Waals surface area contributed by atoms with Gasteiger partial charge in [-0.1, -0.05) is 19.3 Å². The van der Waals surface area contributed by atoms with Crippen molar-refractivity contribution in [3.63, 3.8) is 0 Å². The Bertz CT molecular complexity index is 322. The monoisotopic (exact) mass is 282 g/mol. The maximum atomic E-state index is 12.0. The van der Waals surface area contributed by atoms with E-state index in [1.165, 1.54) is 19.3 Å². The summed E-state index contributed by atoms with van der Waals surface area (Å²) in [5.41, 5.74) is -0.0153. The molecule has 2 fully saturated rings. The van der Waals surface area contributed by atoms with E-state index in [9.17, 15) is 4.79 Å². The average Bonchev–Trinajstić information content (AvgIpc) is 2.35. The summed E-state index contributed by atoms with van der Waals surface area (Å²) in [5.74, 6) is 0.780. The third-order valence-corrected chi connectivity index (χ3v) is 5.05. The minimum Gasteiger partial charge on any atom is -0.466 e. The van der Waals surface area contributed by atoms with Crippen LogP contribution in [-0.4, -0.2) is 61.1 Å². The van der Waals surface area contributed by atoms with Gasteiger partial charge in [0.25, 0.3) is 0 Å². The van der Waals surface area contributed by atoms with E-state index in [2.05, 4.69) is 23.8 Å². The van der Waals surface area contributed by atoms with Gasteiger partial charge in [-0.15, -0.1) is 0 Å². The molecule has 1 atom stereocenters. The van der Waals surface area contributed by atoms with Crippen LogP contribution in [0.5, 0.6) is 0 Å². The Morgan fingerprint density at radius 1 is 1.25 bits per heavy atom. The van der Waals surface area contributed by atoms with Gasteiger partial charge in [-0.2, -0.15) is 0 Å². The number of carbonyl (C=O) groups is 1.